The Kier molecular flexibility index (Phi) is 9.79. The molecule has 0 aromatic heterocycles. The SMILES string of the molecule is CNC(CC(N=O)c1ccc(F)cc1)N/C(=N\C(=O)c1cccc(C#N)c1)NC(C)(C)COC. The predicted molar refractivity (Wildman–Crippen MR) is 128 cm³/mol. The molecule has 180 valence electrons. The summed E-state index contributed by atoms with van der Waals surface area (Å²) in [6, 6.07) is 13.0. The van der Waals surface area contributed by atoms with E-state index in [1.807, 2.05) is 19.9 Å². The molecule has 0 saturated heterocycles. The molecule has 3 N–H and O–H groups in total. The van der Waals surface area contributed by atoms with Crippen LogP contribution in [0.15, 0.2) is 58.7 Å². The fraction of sp³-hybridized carbons (Fsp3) is 0.375. The van der Waals surface area contributed by atoms with Gasteiger partial charge in [-0.3, -0.25) is 4.79 Å². The first-order valence-corrected chi connectivity index (χ1v) is 10.6. The molecule has 0 spiro atoms. The Balaban J connectivity index is 2.30. The van der Waals surface area contributed by atoms with E-state index in [2.05, 4.69) is 26.1 Å². The topological polar surface area (TPSA) is 128 Å². The number of rotatable bonds is 10. The first-order chi connectivity index (χ1) is 16.2. The number of ether oxygens (including phenoxy) is 1. The molecule has 0 saturated carbocycles. The second kappa shape index (κ2) is 12.5. The van der Waals surface area contributed by atoms with Gasteiger partial charge in [-0.1, -0.05) is 23.4 Å². The molecule has 2 aromatic rings. The normalized spacial score (nSPS) is 13.5. The van der Waals surface area contributed by atoms with Gasteiger partial charge in [0, 0.05) is 19.1 Å². The van der Waals surface area contributed by atoms with Crippen LogP contribution in [-0.2, 0) is 4.74 Å². The summed E-state index contributed by atoms with van der Waals surface area (Å²) in [6.45, 7) is 4.07. The maximum absolute atomic E-state index is 13.3. The maximum atomic E-state index is 13.3. The maximum Gasteiger partial charge on any atom is 0.280 e. The van der Waals surface area contributed by atoms with Crippen LogP contribution in [-0.4, -0.2) is 44.3 Å². The summed E-state index contributed by atoms with van der Waals surface area (Å²) in [5, 5.41) is 21.6. The summed E-state index contributed by atoms with van der Waals surface area (Å²) in [5.74, 6) is -0.814. The van der Waals surface area contributed by atoms with Gasteiger partial charge in [-0.2, -0.15) is 15.2 Å². The lowest BCUT2D eigenvalue weighted by Gasteiger charge is -2.30. The van der Waals surface area contributed by atoms with Crippen LogP contribution in [0, 0.1) is 22.1 Å². The van der Waals surface area contributed by atoms with E-state index < -0.39 is 29.5 Å². The highest BCUT2D eigenvalue weighted by Crippen LogP contribution is 2.22. The lowest BCUT2D eigenvalue weighted by molar-refractivity contribution is 0.100. The first kappa shape index (κ1) is 26.6. The van der Waals surface area contributed by atoms with Crippen molar-refractivity contribution in [3.63, 3.8) is 0 Å². The van der Waals surface area contributed by atoms with Crippen molar-refractivity contribution in [2.24, 2.45) is 10.2 Å². The van der Waals surface area contributed by atoms with Crippen LogP contribution in [0.25, 0.3) is 0 Å². The number of benzene rings is 2. The zero-order chi connectivity index (χ0) is 25.1. The van der Waals surface area contributed by atoms with Gasteiger partial charge in [0.1, 0.15) is 11.9 Å². The van der Waals surface area contributed by atoms with E-state index >= 15 is 0 Å². The van der Waals surface area contributed by atoms with Crippen molar-refractivity contribution >= 4 is 11.9 Å². The molecule has 0 radical (unpaired) electrons. The van der Waals surface area contributed by atoms with E-state index in [1.54, 1.807) is 32.4 Å². The largest absolute Gasteiger partial charge is 0.382 e. The van der Waals surface area contributed by atoms with Crippen molar-refractivity contribution in [1.29, 1.82) is 5.26 Å². The molecule has 0 heterocycles. The summed E-state index contributed by atoms with van der Waals surface area (Å²) in [5.41, 5.74) is 0.571. The van der Waals surface area contributed by atoms with Gasteiger partial charge < -0.3 is 20.7 Å². The van der Waals surface area contributed by atoms with E-state index in [0.29, 0.717) is 17.7 Å². The van der Waals surface area contributed by atoms with E-state index in [9.17, 15) is 14.1 Å². The number of carbonyl (C=O) groups is 1. The molecule has 0 aliphatic rings. The Morgan fingerprint density at radius 3 is 2.53 bits per heavy atom. The van der Waals surface area contributed by atoms with Crippen LogP contribution in [0.3, 0.4) is 0 Å². The monoisotopic (exact) mass is 468 g/mol. The van der Waals surface area contributed by atoms with Crippen LogP contribution in [0.5, 0.6) is 0 Å². The second-order valence-corrected chi connectivity index (χ2v) is 8.29. The number of halogens is 1. The number of nitrogens with zero attached hydrogens (tertiary/aromatic N) is 3. The Bertz CT molecular complexity index is 1050. The number of nitriles is 1. The summed E-state index contributed by atoms with van der Waals surface area (Å²) in [6.07, 6.45) is -0.314. The van der Waals surface area contributed by atoms with Gasteiger partial charge in [0.25, 0.3) is 5.91 Å². The van der Waals surface area contributed by atoms with Gasteiger partial charge in [0.05, 0.1) is 29.9 Å². The highest BCUT2D eigenvalue weighted by molar-refractivity contribution is 6.03. The molecule has 10 heteroatoms. The highest BCUT2D eigenvalue weighted by atomic mass is 19.1. The summed E-state index contributed by atoms with van der Waals surface area (Å²) >= 11 is 0. The van der Waals surface area contributed by atoms with Gasteiger partial charge in [-0.15, -0.1) is 0 Å². The predicted octanol–water partition coefficient (Wildman–Crippen LogP) is 3.24. The van der Waals surface area contributed by atoms with Crippen LogP contribution in [0.2, 0.25) is 0 Å². The van der Waals surface area contributed by atoms with Crippen molar-refractivity contribution in [2.75, 3.05) is 20.8 Å². The lowest BCUT2D eigenvalue weighted by Crippen LogP contribution is -2.56. The minimum atomic E-state index is -0.762. The Labute approximate surface area is 198 Å². The Hall–Kier alpha value is -3.68. The summed E-state index contributed by atoms with van der Waals surface area (Å²) in [7, 11) is 3.24. The third-order valence-electron chi connectivity index (χ3n) is 4.91. The Morgan fingerprint density at radius 1 is 1.24 bits per heavy atom. The summed E-state index contributed by atoms with van der Waals surface area (Å²) in [4.78, 5) is 28.5. The molecule has 2 atom stereocenters. The number of guanidine groups is 1. The number of hydrogen-bond donors (Lipinski definition) is 3. The zero-order valence-corrected chi connectivity index (χ0v) is 19.6. The molecular formula is C24H29FN6O3. The van der Waals surface area contributed by atoms with Crippen molar-refractivity contribution in [1.82, 2.24) is 16.0 Å². The van der Waals surface area contributed by atoms with Crippen LogP contribution in [0.4, 0.5) is 4.39 Å². The number of amides is 1. The molecule has 2 aromatic carbocycles. The van der Waals surface area contributed by atoms with Gasteiger partial charge in [0.2, 0.25) is 5.96 Å². The number of carbonyl (C=O) groups excluding carboxylic acids is 1. The second-order valence-electron chi connectivity index (χ2n) is 8.29. The van der Waals surface area contributed by atoms with E-state index in [0.717, 1.165) is 0 Å². The van der Waals surface area contributed by atoms with Crippen molar-refractivity contribution < 1.29 is 13.9 Å². The molecule has 0 aliphatic heterocycles. The molecule has 2 unspecified atom stereocenters. The van der Waals surface area contributed by atoms with Crippen LogP contribution >= 0.6 is 0 Å². The highest BCUT2D eigenvalue weighted by Gasteiger charge is 2.24. The molecule has 9 nitrogen and oxygen atoms in total. The number of nitrogens with one attached hydrogen (secondary N) is 3. The molecule has 2 rings (SSSR count). The van der Waals surface area contributed by atoms with E-state index in [4.69, 9.17) is 10.00 Å². The quantitative estimate of drug-likeness (QED) is 0.211. The average Bonchev–Trinajstić information content (AvgIpc) is 2.81. The average molecular weight is 469 g/mol. The van der Waals surface area contributed by atoms with E-state index in [-0.39, 0.29) is 17.9 Å². The molecule has 0 bridgehead atoms. The molecule has 34 heavy (non-hydrogen) atoms. The van der Waals surface area contributed by atoms with Gasteiger partial charge >= 0.3 is 0 Å². The minimum Gasteiger partial charge on any atom is -0.382 e. The standard InChI is InChI=1S/C24H29FN6O3/c1-24(2,15-34-4)30-23(29-22(32)18-7-5-6-16(12-18)14-26)28-21(27-3)13-20(31-33)17-8-10-19(25)11-9-17/h5-12,20-21,27H,13,15H2,1-4H3,(H2,28,29,30,32). The van der Waals surface area contributed by atoms with Crippen molar-refractivity contribution in [2.45, 2.75) is 38.0 Å². The van der Waals surface area contributed by atoms with Gasteiger partial charge in [0.15, 0.2) is 0 Å². The molecule has 1 amide bonds. The molecule has 0 fully saturated rings. The number of nitroso groups, excluding NO2 is 1. The lowest BCUT2D eigenvalue weighted by atomic mass is 10.0. The Morgan fingerprint density at radius 2 is 1.94 bits per heavy atom. The van der Waals surface area contributed by atoms with Crippen molar-refractivity contribution in [3.8, 4) is 6.07 Å². The fourth-order valence-corrected chi connectivity index (χ4v) is 3.26. The van der Waals surface area contributed by atoms with Crippen LogP contribution < -0.4 is 16.0 Å². The van der Waals surface area contributed by atoms with Gasteiger partial charge in [-0.05, 0) is 56.8 Å². The van der Waals surface area contributed by atoms with Crippen molar-refractivity contribution in [3.05, 3.63) is 75.9 Å². The minimum absolute atomic E-state index is 0.150. The first-order valence-electron chi connectivity index (χ1n) is 10.6. The molecule has 0 aliphatic carbocycles. The zero-order valence-electron chi connectivity index (χ0n) is 19.6. The third kappa shape index (κ3) is 8.03. The molecular weight excluding hydrogens is 439 g/mol. The number of aliphatic imine (C=N–C) groups is 1. The number of methoxy groups -OCH3 is 1. The van der Waals surface area contributed by atoms with Gasteiger partial charge in [-0.25, -0.2) is 4.39 Å². The fourth-order valence-electron chi connectivity index (χ4n) is 3.26. The number of hydrogen-bond acceptors (Lipinski definition) is 6. The van der Waals surface area contributed by atoms with Crippen LogP contribution in [0.1, 0.15) is 47.8 Å². The van der Waals surface area contributed by atoms with E-state index in [1.165, 1.54) is 30.3 Å². The summed E-state index contributed by atoms with van der Waals surface area (Å²) < 4.78 is 18.5. The smallest absolute Gasteiger partial charge is 0.280 e. The third-order valence-corrected chi connectivity index (χ3v) is 4.91.